The van der Waals surface area contributed by atoms with Gasteiger partial charge in [0.05, 0.1) is 0 Å². The predicted octanol–water partition coefficient (Wildman–Crippen LogP) is 3.44. The molecule has 1 aromatic rings. The third kappa shape index (κ3) is 4.93. The highest BCUT2D eigenvalue weighted by Gasteiger charge is 2.03. The summed E-state index contributed by atoms with van der Waals surface area (Å²) >= 11 is 3.34. The molecule has 2 N–H and O–H groups in total. The molecule has 0 aliphatic rings. The lowest BCUT2D eigenvalue weighted by Gasteiger charge is -2.02. The molecule has 1 rings (SSSR count). The summed E-state index contributed by atoms with van der Waals surface area (Å²) in [5.41, 5.74) is 1.16. The van der Waals surface area contributed by atoms with E-state index in [9.17, 15) is 4.79 Å². The molecule has 0 unspecified atom stereocenters. The fraction of sp³-hybridized carbons (Fsp3) is 0.273. The number of benzene rings is 1. The lowest BCUT2D eigenvalue weighted by molar-refractivity contribution is 0.139. The first-order valence-electron chi connectivity index (χ1n) is 4.80. The first-order valence-corrected chi connectivity index (χ1v) is 5.60. The first-order chi connectivity index (χ1) is 7.58. The molecule has 0 aliphatic carbocycles. The lowest BCUT2D eigenvalue weighted by Crippen LogP contribution is -2.08. The number of rotatable bonds is 4. The Morgan fingerprint density at radius 2 is 2.00 bits per heavy atom. The molecular formula is C11H12BrNO3. The van der Waals surface area contributed by atoms with Crippen molar-refractivity contribution in [1.82, 2.24) is 0 Å². The van der Waals surface area contributed by atoms with Crippen molar-refractivity contribution in [2.45, 2.75) is 19.3 Å². The zero-order chi connectivity index (χ0) is 12.0. The van der Waals surface area contributed by atoms with Crippen LogP contribution in [-0.4, -0.2) is 17.2 Å². The number of aryl methyl sites for hydroxylation is 1. The van der Waals surface area contributed by atoms with Crippen molar-refractivity contribution in [3.8, 4) is 0 Å². The fourth-order valence-electron chi connectivity index (χ4n) is 1.26. The van der Waals surface area contributed by atoms with Crippen molar-refractivity contribution in [3.05, 3.63) is 34.3 Å². The molecule has 86 valence electrons. The van der Waals surface area contributed by atoms with Crippen molar-refractivity contribution in [2.75, 3.05) is 0 Å². The van der Waals surface area contributed by atoms with Crippen LogP contribution in [0.4, 0.5) is 4.79 Å². The largest absolute Gasteiger partial charge is 0.512 e. The molecule has 0 saturated heterocycles. The van der Waals surface area contributed by atoms with E-state index in [2.05, 4.69) is 20.7 Å². The molecule has 0 spiro atoms. The average Bonchev–Trinajstić information content (AvgIpc) is 2.20. The highest BCUT2D eigenvalue weighted by Crippen LogP contribution is 2.12. The molecule has 1 aromatic carbocycles. The van der Waals surface area contributed by atoms with E-state index < -0.39 is 6.16 Å². The Kier molecular flexibility index (Phi) is 4.98. The van der Waals surface area contributed by atoms with Crippen LogP contribution in [-0.2, 0) is 11.2 Å². The fourth-order valence-corrected chi connectivity index (χ4v) is 1.52. The summed E-state index contributed by atoms with van der Waals surface area (Å²) in [5.74, 6) is -0.204. The van der Waals surface area contributed by atoms with Crippen molar-refractivity contribution >= 4 is 28.0 Å². The summed E-state index contributed by atoms with van der Waals surface area (Å²) in [6.07, 6.45) is 0.419. The van der Waals surface area contributed by atoms with Crippen LogP contribution in [0.2, 0.25) is 0 Å². The zero-order valence-corrected chi connectivity index (χ0v) is 10.2. The number of nitrogens with one attached hydrogen (secondary N) is 1. The van der Waals surface area contributed by atoms with Crippen molar-refractivity contribution in [3.63, 3.8) is 0 Å². The predicted molar refractivity (Wildman–Crippen MR) is 63.9 cm³/mol. The summed E-state index contributed by atoms with van der Waals surface area (Å²) in [4.78, 5) is 10.1. The second kappa shape index (κ2) is 6.27. The number of carbonyl (C=O) groups is 1. The van der Waals surface area contributed by atoms with E-state index in [4.69, 9.17) is 10.5 Å². The highest BCUT2D eigenvalue weighted by molar-refractivity contribution is 9.10. The Hall–Kier alpha value is -1.36. The molecule has 0 aromatic heterocycles. The molecule has 0 fully saturated rings. The molecule has 0 amide bonds. The Morgan fingerprint density at radius 3 is 2.56 bits per heavy atom. The summed E-state index contributed by atoms with van der Waals surface area (Å²) in [6, 6.07) is 7.89. The van der Waals surface area contributed by atoms with E-state index in [1.54, 1.807) is 0 Å². The minimum Gasteiger partial charge on any atom is -0.449 e. The van der Waals surface area contributed by atoms with Crippen LogP contribution in [0.15, 0.2) is 28.7 Å². The Morgan fingerprint density at radius 1 is 1.38 bits per heavy atom. The van der Waals surface area contributed by atoms with Crippen molar-refractivity contribution in [1.29, 1.82) is 5.41 Å². The summed E-state index contributed by atoms with van der Waals surface area (Å²) < 4.78 is 5.23. The molecule has 0 atom stereocenters. The number of hydrogen-bond acceptors (Lipinski definition) is 3. The molecule has 0 bridgehead atoms. The molecule has 0 heterocycles. The van der Waals surface area contributed by atoms with Crippen LogP contribution < -0.4 is 0 Å². The Balaban J connectivity index is 2.28. The van der Waals surface area contributed by atoms with Crippen LogP contribution in [0.1, 0.15) is 18.4 Å². The Bertz CT molecular complexity index is 375. The van der Waals surface area contributed by atoms with E-state index in [-0.39, 0.29) is 5.90 Å². The number of ether oxygens (including phenoxy) is 1. The van der Waals surface area contributed by atoms with Gasteiger partial charge in [-0.2, -0.15) is 0 Å². The average molecular weight is 286 g/mol. The van der Waals surface area contributed by atoms with E-state index in [1.165, 1.54) is 0 Å². The van der Waals surface area contributed by atoms with E-state index in [0.29, 0.717) is 12.8 Å². The van der Waals surface area contributed by atoms with Gasteiger partial charge in [-0.15, -0.1) is 0 Å². The van der Waals surface area contributed by atoms with Crippen LogP contribution in [0, 0.1) is 5.41 Å². The normalized spacial score (nSPS) is 9.81. The molecule has 4 nitrogen and oxygen atoms in total. The molecule has 0 saturated carbocycles. The van der Waals surface area contributed by atoms with Crippen molar-refractivity contribution in [2.24, 2.45) is 0 Å². The van der Waals surface area contributed by atoms with Crippen molar-refractivity contribution < 1.29 is 14.6 Å². The third-order valence-electron chi connectivity index (χ3n) is 1.99. The summed E-state index contributed by atoms with van der Waals surface area (Å²) in [6.45, 7) is 0. The van der Waals surface area contributed by atoms with Gasteiger partial charge >= 0.3 is 6.16 Å². The minimum absolute atomic E-state index is 0.204. The van der Waals surface area contributed by atoms with E-state index >= 15 is 0 Å². The topological polar surface area (TPSA) is 70.4 Å². The quantitative estimate of drug-likeness (QED) is 0.506. The number of carboxylic acid groups (broad SMARTS) is 1. The van der Waals surface area contributed by atoms with E-state index in [1.807, 2.05) is 24.3 Å². The summed E-state index contributed by atoms with van der Waals surface area (Å²) in [7, 11) is 0. The standard InChI is InChI=1S/C11H12BrNO3/c12-9-6-4-8(5-7-9)2-1-3-10(13)16-11(14)15/h4-7,13H,1-3H2,(H,14,15). The SMILES string of the molecule is N=C(CCCc1ccc(Br)cc1)OC(=O)O. The summed E-state index contributed by atoms with van der Waals surface area (Å²) in [5, 5.41) is 15.5. The van der Waals surface area contributed by atoms with Crippen LogP contribution in [0.5, 0.6) is 0 Å². The maximum atomic E-state index is 10.1. The smallest absolute Gasteiger partial charge is 0.449 e. The van der Waals surface area contributed by atoms with Gasteiger partial charge in [-0.1, -0.05) is 28.1 Å². The monoisotopic (exact) mass is 285 g/mol. The van der Waals surface area contributed by atoms with Gasteiger partial charge < -0.3 is 9.84 Å². The molecular weight excluding hydrogens is 274 g/mol. The second-order valence-electron chi connectivity index (χ2n) is 3.27. The van der Waals surface area contributed by atoms with Gasteiger partial charge in [0.25, 0.3) is 0 Å². The molecule has 16 heavy (non-hydrogen) atoms. The van der Waals surface area contributed by atoms with Gasteiger partial charge in [0, 0.05) is 10.9 Å². The number of halogens is 1. The number of hydrogen-bond donors (Lipinski definition) is 2. The molecule has 0 aliphatic heterocycles. The Labute approximate surface area is 102 Å². The first kappa shape index (κ1) is 12.7. The van der Waals surface area contributed by atoms with Gasteiger partial charge in [-0.05, 0) is 30.5 Å². The van der Waals surface area contributed by atoms with Gasteiger partial charge in [-0.25, -0.2) is 4.79 Å². The second-order valence-corrected chi connectivity index (χ2v) is 4.19. The van der Waals surface area contributed by atoms with Gasteiger partial charge in [0.1, 0.15) is 0 Å². The van der Waals surface area contributed by atoms with Gasteiger partial charge in [0.15, 0.2) is 5.90 Å². The lowest BCUT2D eigenvalue weighted by atomic mass is 10.1. The molecule has 5 heteroatoms. The van der Waals surface area contributed by atoms with Gasteiger partial charge in [0.2, 0.25) is 0 Å². The maximum Gasteiger partial charge on any atom is 0.512 e. The van der Waals surface area contributed by atoms with Crippen LogP contribution in [0.3, 0.4) is 0 Å². The van der Waals surface area contributed by atoms with Crippen LogP contribution >= 0.6 is 15.9 Å². The zero-order valence-electron chi connectivity index (χ0n) is 8.57. The van der Waals surface area contributed by atoms with E-state index in [0.717, 1.165) is 16.5 Å². The highest BCUT2D eigenvalue weighted by atomic mass is 79.9. The van der Waals surface area contributed by atoms with Crippen LogP contribution in [0.25, 0.3) is 0 Å². The molecule has 0 radical (unpaired) electrons. The minimum atomic E-state index is -1.42. The van der Waals surface area contributed by atoms with Gasteiger partial charge in [-0.3, -0.25) is 5.41 Å². The maximum absolute atomic E-state index is 10.1. The third-order valence-corrected chi connectivity index (χ3v) is 2.52.